The Morgan fingerprint density at radius 2 is 2.00 bits per heavy atom. The van der Waals surface area contributed by atoms with Crippen molar-refractivity contribution in [1.29, 1.82) is 0 Å². The molecular weight excluding hydrogens is 160 g/mol. The zero-order valence-electron chi connectivity index (χ0n) is 5.48. The Morgan fingerprint density at radius 3 is 2.36 bits per heavy atom. The van der Waals surface area contributed by atoms with Gasteiger partial charge in [-0.3, -0.25) is 0 Å². The summed E-state index contributed by atoms with van der Waals surface area (Å²) in [6.45, 7) is 0. The second kappa shape index (κ2) is 3.07. The summed E-state index contributed by atoms with van der Waals surface area (Å²) in [5.41, 5.74) is 0. The molecule has 0 bridgehead atoms. The van der Waals surface area contributed by atoms with E-state index in [9.17, 15) is 17.6 Å². The molecule has 0 aromatic carbocycles. The molecule has 0 nitrogen and oxygen atoms in total. The number of hydrogen-bond acceptors (Lipinski definition) is 0. The molecule has 2 unspecified atom stereocenters. The molecule has 0 aromatic heterocycles. The van der Waals surface area contributed by atoms with Gasteiger partial charge in [0.05, 0.1) is 0 Å². The van der Waals surface area contributed by atoms with Gasteiger partial charge in [-0.15, -0.1) is 0 Å². The van der Waals surface area contributed by atoms with Crippen molar-refractivity contribution in [3.63, 3.8) is 0 Å². The van der Waals surface area contributed by atoms with Gasteiger partial charge in [0.1, 0.15) is 17.9 Å². The highest BCUT2D eigenvalue weighted by atomic mass is 19.3. The van der Waals surface area contributed by atoms with Crippen molar-refractivity contribution >= 4 is 0 Å². The summed E-state index contributed by atoms with van der Waals surface area (Å²) >= 11 is 0. The second-order valence-corrected chi connectivity index (χ2v) is 2.24. The quantitative estimate of drug-likeness (QED) is 0.525. The van der Waals surface area contributed by atoms with Crippen molar-refractivity contribution in [2.45, 2.75) is 12.6 Å². The van der Waals surface area contributed by atoms with Gasteiger partial charge in [0, 0.05) is 0 Å². The first kappa shape index (κ1) is 8.30. The fraction of sp³-hybridized carbons (Fsp3) is 0.429. The Morgan fingerprint density at radius 1 is 1.36 bits per heavy atom. The van der Waals surface area contributed by atoms with E-state index in [0.29, 0.717) is 0 Å². The molecule has 1 aliphatic rings. The molecule has 11 heavy (non-hydrogen) atoms. The van der Waals surface area contributed by atoms with E-state index in [2.05, 4.69) is 0 Å². The van der Waals surface area contributed by atoms with Crippen molar-refractivity contribution in [3.8, 4) is 0 Å². The van der Waals surface area contributed by atoms with Crippen LogP contribution < -0.4 is 0 Å². The Bertz CT molecular complexity index is 195. The monoisotopic (exact) mass is 166 g/mol. The highest BCUT2D eigenvalue weighted by Gasteiger charge is 2.33. The van der Waals surface area contributed by atoms with Crippen LogP contribution in [0.3, 0.4) is 0 Å². The zero-order valence-corrected chi connectivity index (χ0v) is 5.48. The summed E-state index contributed by atoms with van der Waals surface area (Å²) in [6.07, 6.45) is -2.02. The standard InChI is InChI=1S/C7H6F4/c8-4-2-1-3-5(9)6(4)7(10)11/h1-4,6-7H. The van der Waals surface area contributed by atoms with Crippen LogP contribution >= 0.6 is 0 Å². The number of halogens is 4. The fourth-order valence-corrected chi connectivity index (χ4v) is 0.896. The van der Waals surface area contributed by atoms with E-state index in [1.165, 1.54) is 0 Å². The van der Waals surface area contributed by atoms with Crippen LogP contribution in [-0.4, -0.2) is 12.6 Å². The third-order valence-electron chi connectivity index (χ3n) is 1.48. The largest absolute Gasteiger partial charge is 0.250 e. The lowest BCUT2D eigenvalue weighted by Crippen LogP contribution is -2.24. The van der Waals surface area contributed by atoms with Gasteiger partial charge in [0.25, 0.3) is 6.43 Å². The van der Waals surface area contributed by atoms with E-state index in [0.717, 1.165) is 18.2 Å². The maximum absolute atomic E-state index is 12.5. The minimum atomic E-state index is -2.98. The van der Waals surface area contributed by atoms with Crippen molar-refractivity contribution in [1.82, 2.24) is 0 Å². The van der Waals surface area contributed by atoms with E-state index in [-0.39, 0.29) is 0 Å². The van der Waals surface area contributed by atoms with Crippen molar-refractivity contribution < 1.29 is 17.6 Å². The van der Waals surface area contributed by atoms with Crippen LogP contribution in [0.1, 0.15) is 0 Å². The van der Waals surface area contributed by atoms with Crippen molar-refractivity contribution in [2.24, 2.45) is 5.92 Å². The first-order valence-electron chi connectivity index (χ1n) is 3.09. The molecule has 4 heteroatoms. The summed E-state index contributed by atoms with van der Waals surface area (Å²) in [5.74, 6) is -2.99. The smallest absolute Gasteiger partial charge is 0.242 e. The van der Waals surface area contributed by atoms with Crippen LogP contribution in [0.25, 0.3) is 0 Å². The van der Waals surface area contributed by atoms with E-state index in [4.69, 9.17) is 0 Å². The molecule has 0 spiro atoms. The normalized spacial score (nSPS) is 30.8. The molecule has 0 amide bonds. The molecule has 1 rings (SSSR count). The van der Waals surface area contributed by atoms with Gasteiger partial charge in [-0.1, -0.05) is 6.08 Å². The number of alkyl halides is 3. The number of hydrogen-bond donors (Lipinski definition) is 0. The minimum absolute atomic E-state index is 0.854. The summed E-state index contributed by atoms with van der Waals surface area (Å²) < 4.78 is 48.7. The third kappa shape index (κ3) is 1.61. The summed E-state index contributed by atoms with van der Waals surface area (Å²) in [6, 6.07) is 0. The average Bonchev–Trinajstić information content (AvgIpc) is 1.85. The molecular formula is C7H6F4. The Kier molecular flexibility index (Phi) is 2.31. The van der Waals surface area contributed by atoms with Crippen molar-refractivity contribution in [2.75, 3.05) is 0 Å². The Balaban J connectivity index is 2.78. The van der Waals surface area contributed by atoms with Gasteiger partial charge in [-0.05, 0) is 12.2 Å². The molecule has 0 saturated heterocycles. The molecule has 0 radical (unpaired) electrons. The maximum Gasteiger partial charge on any atom is 0.250 e. The van der Waals surface area contributed by atoms with E-state index >= 15 is 0 Å². The highest BCUT2D eigenvalue weighted by molar-refractivity contribution is 5.20. The maximum atomic E-state index is 12.5. The molecule has 0 aliphatic heterocycles. The molecule has 0 heterocycles. The predicted octanol–water partition coefficient (Wildman–Crippen LogP) is 2.63. The summed E-state index contributed by atoms with van der Waals surface area (Å²) in [5, 5.41) is 0. The number of rotatable bonds is 1. The van der Waals surface area contributed by atoms with Gasteiger partial charge in [0.2, 0.25) is 0 Å². The molecule has 2 atom stereocenters. The van der Waals surface area contributed by atoms with Crippen LogP contribution in [0, 0.1) is 5.92 Å². The van der Waals surface area contributed by atoms with Crippen LogP contribution in [-0.2, 0) is 0 Å². The Labute approximate surface area is 61.2 Å². The second-order valence-electron chi connectivity index (χ2n) is 2.24. The molecule has 0 N–H and O–H groups in total. The fourth-order valence-electron chi connectivity index (χ4n) is 0.896. The first-order chi connectivity index (χ1) is 5.13. The van der Waals surface area contributed by atoms with Crippen LogP contribution in [0.2, 0.25) is 0 Å². The summed E-state index contributed by atoms with van der Waals surface area (Å²) in [4.78, 5) is 0. The predicted molar refractivity (Wildman–Crippen MR) is 32.7 cm³/mol. The topological polar surface area (TPSA) is 0 Å². The van der Waals surface area contributed by atoms with Gasteiger partial charge in [-0.2, -0.15) is 0 Å². The first-order valence-corrected chi connectivity index (χ1v) is 3.09. The molecule has 0 saturated carbocycles. The lowest BCUT2D eigenvalue weighted by molar-refractivity contribution is 0.0499. The van der Waals surface area contributed by atoms with Crippen LogP contribution in [0.15, 0.2) is 24.1 Å². The lowest BCUT2D eigenvalue weighted by atomic mass is 9.98. The summed E-state index contributed by atoms with van der Waals surface area (Å²) in [7, 11) is 0. The highest BCUT2D eigenvalue weighted by Crippen LogP contribution is 2.29. The lowest BCUT2D eigenvalue weighted by Gasteiger charge is -2.18. The molecule has 62 valence electrons. The van der Waals surface area contributed by atoms with Gasteiger partial charge in [0.15, 0.2) is 0 Å². The minimum Gasteiger partial charge on any atom is -0.242 e. The van der Waals surface area contributed by atoms with Gasteiger partial charge >= 0.3 is 0 Å². The van der Waals surface area contributed by atoms with Crippen molar-refractivity contribution in [3.05, 3.63) is 24.1 Å². The zero-order chi connectivity index (χ0) is 8.43. The average molecular weight is 166 g/mol. The number of allylic oxidation sites excluding steroid dienone is 4. The van der Waals surface area contributed by atoms with Crippen LogP contribution in [0.4, 0.5) is 17.6 Å². The molecule has 1 aliphatic carbocycles. The van der Waals surface area contributed by atoms with Gasteiger partial charge in [-0.25, -0.2) is 17.6 Å². The van der Waals surface area contributed by atoms with Gasteiger partial charge < -0.3 is 0 Å². The Hall–Kier alpha value is -0.800. The SMILES string of the molecule is FC1=CC=CC(F)C1C(F)F. The third-order valence-corrected chi connectivity index (χ3v) is 1.48. The van der Waals surface area contributed by atoms with E-state index in [1.807, 2.05) is 0 Å². The van der Waals surface area contributed by atoms with E-state index < -0.39 is 24.3 Å². The van der Waals surface area contributed by atoms with E-state index in [1.54, 1.807) is 0 Å². The molecule has 0 fully saturated rings. The molecule has 0 aromatic rings. The van der Waals surface area contributed by atoms with Crippen LogP contribution in [0.5, 0.6) is 0 Å².